The Morgan fingerprint density at radius 1 is 1.00 bits per heavy atom. The third-order valence-corrected chi connectivity index (χ3v) is 5.44. The number of para-hydroxylation sites is 1. The molecule has 1 saturated carbocycles. The van der Waals surface area contributed by atoms with Crippen LogP contribution in [0.3, 0.4) is 0 Å². The average Bonchev–Trinajstić information content (AvgIpc) is 2.74. The minimum absolute atomic E-state index is 0.000466. The van der Waals surface area contributed by atoms with E-state index in [2.05, 4.69) is 27.8 Å². The first-order valence-electron chi connectivity index (χ1n) is 9.96. The van der Waals surface area contributed by atoms with E-state index in [1.54, 1.807) is 24.3 Å². The Morgan fingerprint density at radius 2 is 1.79 bits per heavy atom. The molecule has 0 spiro atoms. The fourth-order valence-corrected chi connectivity index (χ4v) is 3.89. The van der Waals surface area contributed by atoms with E-state index in [9.17, 15) is 4.79 Å². The summed E-state index contributed by atoms with van der Waals surface area (Å²) in [5, 5.41) is 8.35. The molecule has 0 aliphatic heterocycles. The smallest absolute Gasteiger partial charge is 0.258 e. The van der Waals surface area contributed by atoms with Crippen molar-refractivity contribution in [2.24, 2.45) is 0 Å². The van der Waals surface area contributed by atoms with Crippen LogP contribution in [0.2, 0.25) is 5.02 Å². The fraction of sp³-hybridized carbons (Fsp3) is 0.304. The van der Waals surface area contributed by atoms with Crippen LogP contribution >= 0.6 is 11.6 Å². The van der Waals surface area contributed by atoms with Crippen LogP contribution in [-0.2, 0) is 4.79 Å². The zero-order valence-corrected chi connectivity index (χ0v) is 16.9. The van der Waals surface area contributed by atoms with Crippen LogP contribution in [0.1, 0.15) is 25.7 Å². The minimum atomic E-state index is -0.0995. The molecule has 3 aromatic rings. The predicted octanol–water partition coefficient (Wildman–Crippen LogP) is 4.81. The van der Waals surface area contributed by atoms with Gasteiger partial charge in [0.15, 0.2) is 6.61 Å². The van der Waals surface area contributed by atoms with Crippen LogP contribution in [0, 0.1) is 0 Å². The molecule has 0 atom stereocenters. The summed E-state index contributed by atoms with van der Waals surface area (Å²) in [5.41, 5.74) is 0.998. The Morgan fingerprint density at radius 3 is 2.62 bits per heavy atom. The van der Waals surface area contributed by atoms with Gasteiger partial charge in [0.2, 0.25) is 0 Å². The van der Waals surface area contributed by atoms with Gasteiger partial charge in [0.05, 0.1) is 5.52 Å². The second kappa shape index (κ2) is 9.14. The lowest BCUT2D eigenvalue weighted by atomic mass is 9.91. The zero-order chi connectivity index (χ0) is 20.1. The number of aromatic nitrogens is 1. The molecule has 29 heavy (non-hydrogen) atoms. The van der Waals surface area contributed by atoms with Gasteiger partial charge in [-0.15, -0.1) is 0 Å². The maximum atomic E-state index is 12.2. The van der Waals surface area contributed by atoms with Crippen molar-refractivity contribution in [3.05, 3.63) is 65.7 Å². The zero-order valence-electron chi connectivity index (χ0n) is 16.1. The van der Waals surface area contributed by atoms with E-state index in [4.69, 9.17) is 16.3 Å². The number of halogens is 1. The monoisotopic (exact) mass is 409 g/mol. The number of rotatable bonds is 6. The highest BCUT2D eigenvalue weighted by Crippen LogP contribution is 2.23. The molecule has 4 rings (SSSR count). The molecule has 0 bridgehead atoms. The highest BCUT2D eigenvalue weighted by Gasteiger charge is 2.22. The molecule has 0 saturated heterocycles. The number of nitrogens with zero attached hydrogens (tertiary/aromatic N) is 1. The van der Waals surface area contributed by atoms with Crippen LogP contribution in [0.25, 0.3) is 10.9 Å². The van der Waals surface area contributed by atoms with Gasteiger partial charge in [-0.05, 0) is 62.1 Å². The number of anilines is 1. The van der Waals surface area contributed by atoms with Crippen LogP contribution in [0.5, 0.6) is 5.75 Å². The normalized spacial score (nSPS) is 18.9. The molecule has 1 aromatic heterocycles. The van der Waals surface area contributed by atoms with Gasteiger partial charge in [0.25, 0.3) is 5.91 Å². The predicted molar refractivity (Wildman–Crippen MR) is 116 cm³/mol. The van der Waals surface area contributed by atoms with E-state index in [-0.39, 0.29) is 18.6 Å². The molecule has 0 radical (unpaired) electrons. The van der Waals surface area contributed by atoms with Crippen molar-refractivity contribution in [1.82, 2.24) is 10.3 Å². The summed E-state index contributed by atoms with van der Waals surface area (Å²) in [7, 11) is 0. The van der Waals surface area contributed by atoms with Crippen molar-refractivity contribution in [2.75, 3.05) is 11.9 Å². The molecular weight excluding hydrogens is 386 g/mol. The van der Waals surface area contributed by atoms with Gasteiger partial charge in [0.1, 0.15) is 11.6 Å². The number of hydrogen-bond acceptors (Lipinski definition) is 4. The first-order valence-corrected chi connectivity index (χ1v) is 10.3. The topological polar surface area (TPSA) is 63.2 Å². The summed E-state index contributed by atoms with van der Waals surface area (Å²) in [6.07, 6.45) is 3.87. The number of pyridine rings is 1. The first-order chi connectivity index (χ1) is 14.2. The summed E-state index contributed by atoms with van der Waals surface area (Å²) >= 11 is 5.93. The molecule has 1 fully saturated rings. The van der Waals surface area contributed by atoms with Gasteiger partial charge in [-0.2, -0.15) is 0 Å². The molecule has 1 aliphatic carbocycles. The van der Waals surface area contributed by atoms with E-state index in [1.807, 2.05) is 24.3 Å². The molecule has 1 aliphatic rings. The van der Waals surface area contributed by atoms with E-state index in [0.29, 0.717) is 16.8 Å². The maximum absolute atomic E-state index is 12.2. The average molecular weight is 410 g/mol. The van der Waals surface area contributed by atoms with E-state index in [0.717, 1.165) is 42.4 Å². The van der Waals surface area contributed by atoms with E-state index >= 15 is 0 Å². The molecule has 1 amide bonds. The second-order valence-corrected chi connectivity index (χ2v) is 7.83. The lowest BCUT2D eigenvalue weighted by molar-refractivity contribution is -0.124. The number of nitrogens with one attached hydrogen (secondary N) is 2. The third kappa shape index (κ3) is 5.39. The van der Waals surface area contributed by atoms with Crippen molar-refractivity contribution in [1.29, 1.82) is 0 Å². The SMILES string of the molecule is O=C(COc1cccc(Cl)c1)NC1CCC(Nc2ccc3ccccc3n2)CC1. The largest absolute Gasteiger partial charge is 0.484 e. The Hall–Kier alpha value is -2.79. The molecule has 1 heterocycles. The van der Waals surface area contributed by atoms with Crippen molar-refractivity contribution in [2.45, 2.75) is 37.8 Å². The molecule has 2 N–H and O–H groups in total. The van der Waals surface area contributed by atoms with Crippen molar-refractivity contribution in [3.8, 4) is 5.75 Å². The van der Waals surface area contributed by atoms with E-state index < -0.39 is 0 Å². The fourth-order valence-electron chi connectivity index (χ4n) is 3.71. The van der Waals surface area contributed by atoms with E-state index in [1.165, 1.54) is 0 Å². The maximum Gasteiger partial charge on any atom is 0.258 e. The van der Waals surface area contributed by atoms with Crippen LogP contribution in [0.4, 0.5) is 5.82 Å². The molecule has 6 heteroatoms. The van der Waals surface area contributed by atoms with Crippen LogP contribution in [-0.4, -0.2) is 29.6 Å². The number of amides is 1. The van der Waals surface area contributed by atoms with Gasteiger partial charge in [-0.3, -0.25) is 4.79 Å². The van der Waals surface area contributed by atoms with Crippen molar-refractivity contribution >= 4 is 34.2 Å². The Kier molecular flexibility index (Phi) is 6.15. The van der Waals surface area contributed by atoms with Gasteiger partial charge >= 0.3 is 0 Å². The number of hydrogen-bond donors (Lipinski definition) is 2. The Balaban J connectivity index is 1.22. The molecule has 150 valence electrons. The summed E-state index contributed by atoms with van der Waals surface area (Å²) < 4.78 is 5.51. The summed E-state index contributed by atoms with van der Waals surface area (Å²) in [5.74, 6) is 1.41. The van der Waals surface area contributed by atoms with Gasteiger partial charge in [-0.1, -0.05) is 35.9 Å². The highest BCUT2D eigenvalue weighted by molar-refractivity contribution is 6.30. The summed E-state index contributed by atoms with van der Waals surface area (Å²) in [6, 6.07) is 19.9. The lowest BCUT2D eigenvalue weighted by Gasteiger charge is -2.30. The molecule has 2 aromatic carbocycles. The van der Waals surface area contributed by atoms with Crippen molar-refractivity contribution in [3.63, 3.8) is 0 Å². The Bertz CT molecular complexity index is 987. The third-order valence-electron chi connectivity index (χ3n) is 5.21. The van der Waals surface area contributed by atoms with Gasteiger partial charge in [-0.25, -0.2) is 4.98 Å². The van der Waals surface area contributed by atoms with Gasteiger partial charge < -0.3 is 15.4 Å². The number of carbonyl (C=O) groups excluding carboxylic acids is 1. The minimum Gasteiger partial charge on any atom is -0.484 e. The molecule has 5 nitrogen and oxygen atoms in total. The molecule has 0 unspecified atom stereocenters. The van der Waals surface area contributed by atoms with Gasteiger partial charge in [0, 0.05) is 22.5 Å². The number of fused-ring (bicyclic) bond motifs is 1. The second-order valence-electron chi connectivity index (χ2n) is 7.40. The Labute approximate surface area is 175 Å². The number of ether oxygens (including phenoxy) is 1. The first kappa shape index (κ1) is 19.5. The van der Waals surface area contributed by atoms with Crippen LogP contribution < -0.4 is 15.4 Å². The standard InChI is InChI=1S/C23H24ClN3O2/c24-17-5-3-6-20(14-17)29-15-23(28)26-19-11-9-18(10-12-19)25-22-13-8-16-4-1-2-7-21(16)27-22/h1-8,13-14,18-19H,9-12,15H2,(H,25,27)(H,26,28). The van der Waals surface area contributed by atoms with Crippen molar-refractivity contribution < 1.29 is 9.53 Å². The highest BCUT2D eigenvalue weighted by atomic mass is 35.5. The quantitative estimate of drug-likeness (QED) is 0.613. The molecular formula is C23H24ClN3O2. The number of benzene rings is 2. The summed E-state index contributed by atoms with van der Waals surface area (Å²) in [4.78, 5) is 16.9. The lowest BCUT2D eigenvalue weighted by Crippen LogP contribution is -2.42. The number of carbonyl (C=O) groups is 1. The summed E-state index contributed by atoms with van der Waals surface area (Å²) in [6.45, 7) is -0.000466. The van der Waals surface area contributed by atoms with Crippen LogP contribution in [0.15, 0.2) is 60.7 Å².